The molecule has 0 heterocycles. The zero-order valence-corrected chi connectivity index (χ0v) is 7.45. The van der Waals surface area contributed by atoms with Gasteiger partial charge in [-0.1, -0.05) is 6.07 Å². The zero-order chi connectivity index (χ0) is 8.97. The molecule has 0 atom stereocenters. The van der Waals surface area contributed by atoms with E-state index in [4.69, 9.17) is 10.6 Å². The molecule has 1 rings (SSSR count). The van der Waals surface area contributed by atoms with Gasteiger partial charge < -0.3 is 5.73 Å². The fourth-order valence-electron chi connectivity index (χ4n) is 1.10. The maximum Gasteiger partial charge on any atom is 0.0656 e. The molecule has 1 aromatic rings. The quantitative estimate of drug-likeness (QED) is 0.548. The fraction of sp³-hybridized carbons (Fsp3) is 0.333. The molecule has 3 nitrogen and oxygen atoms in total. The van der Waals surface area contributed by atoms with Crippen molar-refractivity contribution in [2.75, 3.05) is 24.5 Å². The molecule has 0 amide bonds. The summed E-state index contributed by atoms with van der Waals surface area (Å²) in [6.07, 6.45) is 0. The van der Waals surface area contributed by atoms with Crippen molar-refractivity contribution in [3.63, 3.8) is 0 Å². The molecule has 0 radical (unpaired) electrons. The number of hydrogen-bond donors (Lipinski definition) is 1. The first kappa shape index (κ1) is 8.87. The van der Waals surface area contributed by atoms with Crippen LogP contribution in [0.25, 0.3) is 0 Å². The number of benzene rings is 1. The molecule has 0 saturated carbocycles. The number of hydroxylamine groups is 1. The van der Waals surface area contributed by atoms with E-state index in [0.717, 1.165) is 17.9 Å². The van der Waals surface area contributed by atoms with Crippen molar-refractivity contribution in [1.82, 2.24) is 0 Å². The van der Waals surface area contributed by atoms with E-state index in [-0.39, 0.29) is 0 Å². The maximum absolute atomic E-state index is 5.62. The lowest BCUT2D eigenvalue weighted by atomic mass is 10.3. The Morgan fingerprint density at radius 3 is 2.75 bits per heavy atom. The van der Waals surface area contributed by atoms with Crippen LogP contribution in [0.3, 0.4) is 0 Å². The van der Waals surface area contributed by atoms with Crippen LogP contribution in [0.1, 0.15) is 6.92 Å². The van der Waals surface area contributed by atoms with Crippen molar-refractivity contribution in [1.29, 1.82) is 0 Å². The van der Waals surface area contributed by atoms with Gasteiger partial charge in [-0.25, -0.2) is 0 Å². The third-order valence-corrected chi connectivity index (χ3v) is 1.67. The molecule has 0 aliphatic carbocycles. The van der Waals surface area contributed by atoms with Gasteiger partial charge in [0.25, 0.3) is 0 Å². The summed E-state index contributed by atoms with van der Waals surface area (Å²) in [6, 6.07) is 7.61. The topological polar surface area (TPSA) is 38.5 Å². The van der Waals surface area contributed by atoms with E-state index in [1.54, 1.807) is 12.2 Å². The van der Waals surface area contributed by atoms with Crippen LogP contribution >= 0.6 is 0 Å². The summed E-state index contributed by atoms with van der Waals surface area (Å²) in [5.41, 5.74) is 7.36. The monoisotopic (exact) mass is 166 g/mol. The van der Waals surface area contributed by atoms with Crippen molar-refractivity contribution in [3.05, 3.63) is 24.3 Å². The molecular weight excluding hydrogens is 152 g/mol. The van der Waals surface area contributed by atoms with E-state index in [1.165, 1.54) is 0 Å². The average Bonchev–Trinajstić information content (AvgIpc) is 2.07. The van der Waals surface area contributed by atoms with E-state index in [0.29, 0.717) is 0 Å². The van der Waals surface area contributed by atoms with Crippen molar-refractivity contribution in [3.8, 4) is 0 Å². The first-order valence-corrected chi connectivity index (χ1v) is 3.95. The van der Waals surface area contributed by atoms with Gasteiger partial charge >= 0.3 is 0 Å². The Hall–Kier alpha value is -1.22. The van der Waals surface area contributed by atoms with E-state index in [1.807, 2.05) is 31.2 Å². The Bertz CT molecular complexity index is 246. The van der Waals surface area contributed by atoms with Crippen LogP contribution in [0.2, 0.25) is 0 Å². The molecule has 0 bridgehead atoms. The molecule has 0 aromatic heterocycles. The standard InChI is InChI=1S/C9H14N2O/c1-3-11(12-2)9-6-4-5-8(10)7-9/h4-7H,3,10H2,1-2H3. The highest BCUT2D eigenvalue weighted by atomic mass is 16.7. The molecular formula is C9H14N2O. The maximum atomic E-state index is 5.62. The largest absolute Gasteiger partial charge is 0.399 e. The van der Waals surface area contributed by atoms with Gasteiger partial charge in [0.15, 0.2) is 0 Å². The Balaban J connectivity index is 2.85. The summed E-state index contributed by atoms with van der Waals surface area (Å²) in [7, 11) is 1.65. The molecule has 1 aromatic carbocycles. The predicted octanol–water partition coefficient (Wildman–Crippen LogP) is 1.66. The molecule has 0 aliphatic rings. The van der Waals surface area contributed by atoms with Gasteiger partial charge in [0.05, 0.1) is 12.8 Å². The lowest BCUT2D eigenvalue weighted by Gasteiger charge is -2.19. The lowest BCUT2D eigenvalue weighted by Crippen LogP contribution is -2.20. The summed E-state index contributed by atoms with van der Waals surface area (Å²) in [6.45, 7) is 2.83. The molecule has 0 spiro atoms. The zero-order valence-electron chi connectivity index (χ0n) is 7.45. The van der Waals surface area contributed by atoms with Crippen molar-refractivity contribution >= 4 is 11.4 Å². The Labute approximate surface area is 72.7 Å². The smallest absolute Gasteiger partial charge is 0.0656 e. The number of hydrogen-bond acceptors (Lipinski definition) is 3. The summed E-state index contributed by atoms with van der Waals surface area (Å²) in [5, 5.41) is 1.77. The highest BCUT2D eigenvalue weighted by molar-refractivity contribution is 5.54. The minimum atomic E-state index is 0.753. The highest BCUT2D eigenvalue weighted by Crippen LogP contribution is 2.16. The number of rotatable bonds is 3. The highest BCUT2D eigenvalue weighted by Gasteiger charge is 2.01. The van der Waals surface area contributed by atoms with Gasteiger partial charge in [0.2, 0.25) is 0 Å². The van der Waals surface area contributed by atoms with E-state index < -0.39 is 0 Å². The molecule has 0 unspecified atom stereocenters. The molecule has 12 heavy (non-hydrogen) atoms. The summed E-state index contributed by atoms with van der Waals surface area (Å²) in [5.74, 6) is 0. The van der Waals surface area contributed by atoms with Crippen molar-refractivity contribution in [2.24, 2.45) is 0 Å². The molecule has 0 fully saturated rings. The van der Waals surface area contributed by atoms with Crippen LogP contribution in [-0.2, 0) is 4.84 Å². The van der Waals surface area contributed by atoms with Crippen LogP contribution in [0.4, 0.5) is 11.4 Å². The fourth-order valence-corrected chi connectivity index (χ4v) is 1.10. The summed E-state index contributed by atoms with van der Waals surface area (Å²) in [4.78, 5) is 5.12. The first-order chi connectivity index (χ1) is 5.77. The van der Waals surface area contributed by atoms with E-state index in [9.17, 15) is 0 Å². The van der Waals surface area contributed by atoms with E-state index in [2.05, 4.69) is 0 Å². The van der Waals surface area contributed by atoms with E-state index >= 15 is 0 Å². The van der Waals surface area contributed by atoms with Crippen LogP contribution in [0.5, 0.6) is 0 Å². The van der Waals surface area contributed by atoms with Gasteiger partial charge in [-0.15, -0.1) is 0 Å². The van der Waals surface area contributed by atoms with Gasteiger partial charge in [0, 0.05) is 12.2 Å². The second-order valence-electron chi connectivity index (χ2n) is 2.47. The van der Waals surface area contributed by atoms with Crippen LogP contribution in [-0.4, -0.2) is 13.7 Å². The summed E-state index contributed by atoms with van der Waals surface area (Å²) < 4.78 is 0. The van der Waals surface area contributed by atoms with Crippen LogP contribution < -0.4 is 10.8 Å². The Morgan fingerprint density at radius 1 is 1.50 bits per heavy atom. The van der Waals surface area contributed by atoms with Gasteiger partial charge in [-0.3, -0.25) is 9.90 Å². The molecule has 3 heteroatoms. The number of nitrogens with zero attached hydrogens (tertiary/aromatic N) is 1. The first-order valence-electron chi connectivity index (χ1n) is 3.95. The molecule has 2 N–H and O–H groups in total. The molecule has 66 valence electrons. The Morgan fingerprint density at radius 2 is 2.25 bits per heavy atom. The lowest BCUT2D eigenvalue weighted by molar-refractivity contribution is 0.171. The van der Waals surface area contributed by atoms with Crippen LogP contribution in [0, 0.1) is 0 Å². The average molecular weight is 166 g/mol. The van der Waals surface area contributed by atoms with Gasteiger partial charge in [0.1, 0.15) is 0 Å². The number of nitrogens with two attached hydrogens (primary N) is 1. The predicted molar refractivity (Wildman–Crippen MR) is 50.9 cm³/mol. The van der Waals surface area contributed by atoms with Crippen LogP contribution in [0.15, 0.2) is 24.3 Å². The van der Waals surface area contributed by atoms with Crippen molar-refractivity contribution < 1.29 is 4.84 Å². The molecule has 0 aliphatic heterocycles. The van der Waals surface area contributed by atoms with Gasteiger partial charge in [-0.05, 0) is 25.1 Å². The third-order valence-electron chi connectivity index (χ3n) is 1.67. The number of nitrogen functional groups attached to an aromatic ring is 1. The SMILES string of the molecule is CCN(OC)c1cccc(N)c1. The van der Waals surface area contributed by atoms with Crippen molar-refractivity contribution in [2.45, 2.75) is 6.92 Å². The normalized spacial score (nSPS) is 9.83. The van der Waals surface area contributed by atoms with Gasteiger partial charge in [-0.2, -0.15) is 0 Å². The minimum absolute atomic E-state index is 0.753. The Kier molecular flexibility index (Phi) is 2.94. The second kappa shape index (κ2) is 3.97. The number of anilines is 2. The summed E-state index contributed by atoms with van der Waals surface area (Å²) >= 11 is 0. The third kappa shape index (κ3) is 1.89. The second-order valence-corrected chi connectivity index (χ2v) is 2.47. The molecule has 0 saturated heterocycles. The minimum Gasteiger partial charge on any atom is -0.399 e.